The number of anilines is 1. The summed E-state index contributed by atoms with van der Waals surface area (Å²) >= 11 is 5.89. The summed E-state index contributed by atoms with van der Waals surface area (Å²) in [6.07, 6.45) is -5.11. The Hall–Kier alpha value is -3.99. The van der Waals surface area contributed by atoms with Gasteiger partial charge in [-0.2, -0.15) is 13.2 Å². The minimum atomic E-state index is -5.08. The van der Waals surface area contributed by atoms with E-state index in [4.69, 9.17) is 43.5 Å². The third-order valence-electron chi connectivity index (χ3n) is 4.37. The van der Waals surface area contributed by atoms with E-state index in [1.54, 1.807) is 25.1 Å². The first-order chi connectivity index (χ1) is 17.4. The quantitative estimate of drug-likeness (QED) is 0.116. The number of carboxylic acids is 1. The van der Waals surface area contributed by atoms with Gasteiger partial charge in [0.2, 0.25) is 21.9 Å². The highest BCUT2D eigenvalue weighted by Gasteiger charge is 2.38. The van der Waals surface area contributed by atoms with Crippen LogP contribution in [-0.2, 0) is 30.2 Å². The molecular formula is C20H24ClF3N6O7S. The maximum absolute atomic E-state index is 13.0. The molecule has 0 radical (unpaired) electrons. The van der Waals surface area contributed by atoms with Crippen molar-refractivity contribution in [3.8, 4) is 0 Å². The molecule has 0 saturated heterocycles. The van der Waals surface area contributed by atoms with Crippen LogP contribution in [0.25, 0.3) is 0 Å². The number of amides is 1. The molecule has 0 saturated carbocycles. The molecular weight excluding hydrogens is 561 g/mol. The fourth-order valence-electron chi connectivity index (χ4n) is 2.84. The van der Waals surface area contributed by atoms with Crippen LogP contribution in [0.4, 0.5) is 18.9 Å². The number of aryl methyl sites for hydroxylation is 1. The van der Waals surface area contributed by atoms with Crippen molar-refractivity contribution in [2.45, 2.75) is 31.3 Å². The Balaban J connectivity index is 0.000000905. The van der Waals surface area contributed by atoms with Crippen molar-refractivity contribution in [2.24, 2.45) is 22.4 Å². The lowest BCUT2D eigenvalue weighted by Crippen LogP contribution is -2.37. The SMILES string of the molecule is Cc1ccc(NS(=O)(=O)Cc2cccc(Cl)c2)c(=O)n1C(CCON=C(N)N)C(N)=O.O=C(O)C(F)(F)F. The number of benzene rings is 1. The number of primary amides is 1. The number of pyridine rings is 1. The number of alkyl halides is 3. The highest BCUT2D eigenvalue weighted by Crippen LogP contribution is 2.17. The number of hydrogen-bond donors (Lipinski definition) is 5. The van der Waals surface area contributed by atoms with Gasteiger partial charge in [-0.3, -0.25) is 18.9 Å². The van der Waals surface area contributed by atoms with Crippen LogP contribution in [0.1, 0.15) is 23.7 Å². The number of sulfonamides is 1. The van der Waals surface area contributed by atoms with Crippen LogP contribution in [0.15, 0.2) is 46.3 Å². The molecule has 18 heteroatoms. The Morgan fingerprint density at radius 1 is 1.21 bits per heavy atom. The molecule has 1 amide bonds. The smallest absolute Gasteiger partial charge is 0.475 e. The van der Waals surface area contributed by atoms with Crippen molar-refractivity contribution in [3.05, 3.63) is 63.0 Å². The summed E-state index contributed by atoms with van der Waals surface area (Å²) in [7, 11) is -3.94. The molecule has 2 aromatic rings. The molecule has 38 heavy (non-hydrogen) atoms. The van der Waals surface area contributed by atoms with Gasteiger partial charge >= 0.3 is 12.1 Å². The first-order valence-corrected chi connectivity index (χ1v) is 12.2. The van der Waals surface area contributed by atoms with Crippen molar-refractivity contribution in [1.82, 2.24) is 4.57 Å². The zero-order valence-electron chi connectivity index (χ0n) is 19.6. The molecule has 1 heterocycles. The number of nitrogens with zero attached hydrogens (tertiary/aromatic N) is 2. The second kappa shape index (κ2) is 13.5. The Kier molecular flexibility index (Phi) is 11.4. The molecule has 0 bridgehead atoms. The topological polar surface area (TPSA) is 222 Å². The average molecular weight is 585 g/mol. The zero-order valence-corrected chi connectivity index (χ0v) is 21.2. The standard InChI is InChI=1S/C18H23ClN6O5S.C2HF3O2/c1-11-5-6-14(24-31(28,29)10-12-3-2-4-13(19)9-12)17(27)25(11)15(16(20)26)7-8-30-23-18(21)22;3-2(4,5)1(6)7/h2-6,9,15,24H,7-8,10H2,1H3,(H2,20,26)(H4,21,22,23);(H,6,7). The number of nitrogens with two attached hydrogens (primary N) is 3. The number of carboxylic acid groups (broad SMARTS) is 1. The molecule has 0 fully saturated rings. The summed E-state index contributed by atoms with van der Waals surface area (Å²) in [5.41, 5.74) is 15.6. The van der Waals surface area contributed by atoms with Crippen LogP contribution in [-0.4, -0.2) is 48.7 Å². The highest BCUT2D eigenvalue weighted by atomic mass is 35.5. The molecule has 1 aromatic heterocycles. The van der Waals surface area contributed by atoms with Crippen molar-refractivity contribution in [3.63, 3.8) is 0 Å². The third kappa shape index (κ3) is 10.6. The number of carbonyl (C=O) groups excluding carboxylic acids is 1. The van der Waals surface area contributed by atoms with E-state index in [-0.39, 0.29) is 24.7 Å². The van der Waals surface area contributed by atoms with E-state index >= 15 is 0 Å². The maximum atomic E-state index is 13.0. The molecule has 0 aliphatic rings. The second-order valence-electron chi connectivity index (χ2n) is 7.41. The predicted molar refractivity (Wildman–Crippen MR) is 131 cm³/mol. The summed E-state index contributed by atoms with van der Waals surface area (Å²) in [6, 6.07) is 8.03. The molecule has 2 rings (SSSR count). The molecule has 1 atom stereocenters. The summed E-state index contributed by atoms with van der Waals surface area (Å²) in [4.78, 5) is 38.7. The number of rotatable bonds is 10. The predicted octanol–water partition coefficient (Wildman–Crippen LogP) is 1.01. The number of carbonyl (C=O) groups is 2. The third-order valence-corrected chi connectivity index (χ3v) is 5.85. The molecule has 0 spiro atoms. The summed E-state index contributed by atoms with van der Waals surface area (Å²) < 4.78 is 60.2. The molecule has 0 aliphatic carbocycles. The van der Waals surface area contributed by atoms with Crippen molar-refractivity contribution >= 4 is 45.1 Å². The van der Waals surface area contributed by atoms with Crippen molar-refractivity contribution in [1.29, 1.82) is 0 Å². The fourth-order valence-corrected chi connectivity index (χ4v) is 4.24. The van der Waals surface area contributed by atoms with E-state index in [2.05, 4.69) is 9.88 Å². The van der Waals surface area contributed by atoms with Crippen LogP contribution in [0, 0.1) is 6.92 Å². The van der Waals surface area contributed by atoms with E-state index in [0.717, 1.165) is 4.57 Å². The number of aliphatic carboxylic acids is 1. The first-order valence-electron chi connectivity index (χ1n) is 10.2. The van der Waals surface area contributed by atoms with E-state index in [0.29, 0.717) is 16.3 Å². The lowest BCUT2D eigenvalue weighted by atomic mass is 10.1. The maximum Gasteiger partial charge on any atom is 0.490 e. The molecule has 210 valence electrons. The van der Waals surface area contributed by atoms with E-state index in [1.807, 2.05) is 0 Å². The number of aromatic nitrogens is 1. The summed E-state index contributed by atoms with van der Waals surface area (Å²) in [6.45, 7) is 1.47. The number of guanidine groups is 1. The average Bonchev–Trinajstić information content (AvgIpc) is 2.76. The number of oxime groups is 1. The normalized spacial score (nSPS) is 11.9. The number of hydrogen-bond acceptors (Lipinski definition) is 7. The highest BCUT2D eigenvalue weighted by molar-refractivity contribution is 7.91. The largest absolute Gasteiger partial charge is 0.490 e. The van der Waals surface area contributed by atoms with Crippen LogP contribution in [0.3, 0.4) is 0 Å². The Morgan fingerprint density at radius 2 is 1.82 bits per heavy atom. The number of nitrogens with one attached hydrogen (secondary N) is 1. The number of halogens is 4. The first kappa shape index (κ1) is 32.0. The van der Waals surface area contributed by atoms with Crippen molar-refractivity contribution in [2.75, 3.05) is 11.3 Å². The van der Waals surface area contributed by atoms with Gasteiger partial charge < -0.3 is 27.1 Å². The van der Waals surface area contributed by atoms with Crippen molar-refractivity contribution < 1.29 is 41.1 Å². The van der Waals surface area contributed by atoms with E-state index in [1.165, 1.54) is 18.2 Å². The Morgan fingerprint density at radius 3 is 2.32 bits per heavy atom. The van der Waals surface area contributed by atoms with Gasteiger partial charge in [-0.05, 0) is 41.9 Å². The minimum Gasteiger partial charge on any atom is -0.475 e. The summed E-state index contributed by atoms with van der Waals surface area (Å²) in [5.74, 6) is -4.27. The Labute approximate surface area is 219 Å². The Bertz CT molecular complexity index is 1350. The fraction of sp³-hybridized carbons (Fsp3) is 0.300. The zero-order chi connectivity index (χ0) is 29.3. The van der Waals surface area contributed by atoms with Gasteiger partial charge in [0.05, 0.1) is 5.75 Å². The van der Waals surface area contributed by atoms with Gasteiger partial charge in [0.1, 0.15) is 18.3 Å². The van der Waals surface area contributed by atoms with Crippen LogP contribution < -0.4 is 27.5 Å². The molecule has 1 unspecified atom stereocenters. The molecule has 1 aromatic carbocycles. The van der Waals surface area contributed by atoms with Gasteiger partial charge in [0.25, 0.3) is 5.56 Å². The van der Waals surface area contributed by atoms with E-state index < -0.39 is 45.4 Å². The van der Waals surface area contributed by atoms with Crippen LogP contribution >= 0.6 is 11.6 Å². The molecule has 8 N–H and O–H groups in total. The monoisotopic (exact) mass is 584 g/mol. The lowest BCUT2D eigenvalue weighted by Gasteiger charge is -2.20. The van der Waals surface area contributed by atoms with Gasteiger partial charge in [0, 0.05) is 17.1 Å². The summed E-state index contributed by atoms with van der Waals surface area (Å²) in [5, 5.41) is 10.8. The van der Waals surface area contributed by atoms with Crippen LogP contribution in [0.2, 0.25) is 5.02 Å². The van der Waals surface area contributed by atoms with Crippen LogP contribution in [0.5, 0.6) is 0 Å². The minimum absolute atomic E-state index is 0.0222. The van der Waals surface area contributed by atoms with Gasteiger partial charge in [-0.1, -0.05) is 23.7 Å². The van der Waals surface area contributed by atoms with Gasteiger partial charge in [-0.15, -0.1) is 0 Å². The lowest BCUT2D eigenvalue weighted by molar-refractivity contribution is -0.192. The second-order valence-corrected chi connectivity index (χ2v) is 9.57. The van der Waals surface area contributed by atoms with E-state index in [9.17, 15) is 31.2 Å². The van der Waals surface area contributed by atoms with Gasteiger partial charge in [-0.25, -0.2) is 13.2 Å². The molecule has 0 aliphatic heterocycles. The van der Waals surface area contributed by atoms with Gasteiger partial charge in [0.15, 0.2) is 0 Å². The molecule has 13 nitrogen and oxygen atoms in total.